The highest BCUT2D eigenvalue weighted by Crippen LogP contribution is 2.28. The van der Waals surface area contributed by atoms with Gasteiger partial charge < -0.3 is 5.32 Å². The molecule has 2 heteroatoms. The van der Waals surface area contributed by atoms with Gasteiger partial charge in [0.25, 0.3) is 0 Å². The zero-order valence-corrected chi connectivity index (χ0v) is 13.0. The molecule has 2 aromatic carbocycles. The van der Waals surface area contributed by atoms with Gasteiger partial charge in [0.15, 0.2) is 0 Å². The zero-order valence-electron chi connectivity index (χ0n) is 12.2. The molecule has 20 heavy (non-hydrogen) atoms. The first-order valence-corrected chi connectivity index (χ1v) is 7.59. The second-order valence-corrected chi connectivity index (χ2v) is 5.56. The van der Waals surface area contributed by atoms with Crippen LogP contribution in [0, 0.1) is 6.92 Å². The smallest absolute Gasteiger partial charge is 0.0441 e. The Morgan fingerprint density at radius 3 is 2.45 bits per heavy atom. The molecule has 0 aliphatic heterocycles. The number of likely N-dealkylation sites (N-methyl/N-ethyl adjacent to an activating group) is 1. The average molecular weight is 288 g/mol. The lowest BCUT2D eigenvalue weighted by Gasteiger charge is -2.20. The molecule has 1 unspecified atom stereocenters. The normalized spacial score (nSPS) is 12.3. The molecule has 1 atom stereocenters. The second kappa shape index (κ2) is 7.47. The maximum Gasteiger partial charge on any atom is 0.0441 e. The van der Waals surface area contributed by atoms with E-state index in [2.05, 4.69) is 55.6 Å². The molecule has 0 spiro atoms. The first-order valence-electron chi connectivity index (χ1n) is 7.22. The Morgan fingerprint density at radius 2 is 1.75 bits per heavy atom. The van der Waals surface area contributed by atoms with Crippen molar-refractivity contribution in [2.45, 2.75) is 26.2 Å². The van der Waals surface area contributed by atoms with Gasteiger partial charge in [-0.05, 0) is 42.6 Å². The summed E-state index contributed by atoms with van der Waals surface area (Å²) in [7, 11) is 0. The molecule has 1 nitrogen and oxygen atoms in total. The fourth-order valence-electron chi connectivity index (χ4n) is 2.52. The van der Waals surface area contributed by atoms with Crippen LogP contribution in [0.3, 0.4) is 0 Å². The third kappa shape index (κ3) is 3.84. The van der Waals surface area contributed by atoms with Crippen LogP contribution in [0.1, 0.15) is 29.5 Å². The van der Waals surface area contributed by atoms with Crippen molar-refractivity contribution in [1.29, 1.82) is 0 Å². The summed E-state index contributed by atoms with van der Waals surface area (Å²) in [6.45, 7) is 6.24. The summed E-state index contributed by atoms with van der Waals surface area (Å²) in [5.41, 5.74) is 3.98. The largest absolute Gasteiger partial charge is 0.316 e. The second-order valence-electron chi connectivity index (χ2n) is 5.16. The lowest BCUT2D eigenvalue weighted by atomic mass is 9.90. The molecule has 0 amide bonds. The molecular weight excluding hydrogens is 266 g/mol. The van der Waals surface area contributed by atoms with Gasteiger partial charge in [-0.15, -0.1) is 0 Å². The third-order valence-electron chi connectivity index (χ3n) is 3.71. The van der Waals surface area contributed by atoms with E-state index in [1.54, 1.807) is 0 Å². The molecular formula is C18H22ClN. The SMILES string of the molecule is CCNCC(Cc1ccccc1C)c1ccccc1Cl. The van der Waals surface area contributed by atoms with Crippen LogP contribution in [-0.2, 0) is 6.42 Å². The summed E-state index contributed by atoms with van der Waals surface area (Å²) in [5, 5.41) is 4.32. The van der Waals surface area contributed by atoms with Crippen LogP contribution in [-0.4, -0.2) is 13.1 Å². The van der Waals surface area contributed by atoms with E-state index in [1.165, 1.54) is 16.7 Å². The number of benzene rings is 2. The molecule has 0 fully saturated rings. The van der Waals surface area contributed by atoms with Crippen LogP contribution >= 0.6 is 11.6 Å². The zero-order chi connectivity index (χ0) is 14.4. The van der Waals surface area contributed by atoms with Gasteiger partial charge in [-0.3, -0.25) is 0 Å². The van der Waals surface area contributed by atoms with Gasteiger partial charge in [0.05, 0.1) is 0 Å². The van der Waals surface area contributed by atoms with E-state index in [9.17, 15) is 0 Å². The van der Waals surface area contributed by atoms with E-state index < -0.39 is 0 Å². The number of hydrogen-bond donors (Lipinski definition) is 1. The molecule has 0 radical (unpaired) electrons. The molecule has 0 aromatic heterocycles. The third-order valence-corrected chi connectivity index (χ3v) is 4.06. The Balaban J connectivity index is 2.24. The number of halogens is 1. The molecule has 0 heterocycles. The van der Waals surface area contributed by atoms with Crippen LogP contribution in [0.15, 0.2) is 48.5 Å². The number of nitrogens with one attached hydrogen (secondary N) is 1. The predicted molar refractivity (Wildman–Crippen MR) is 87.6 cm³/mol. The lowest BCUT2D eigenvalue weighted by molar-refractivity contribution is 0.594. The number of aryl methyl sites for hydroxylation is 1. The molecule has 1 N–H and O–H groups in total. The van der Waals surface area contributed by atoms with Crippen molar-refractivity contribution in [2.24, 2.45) is 0 Å². The first kappa shape index (κ1) is 15.1. The molecule has 0 saturated heterocycles. The summed E-state index contributed by atoms with van der Waals surface area (Å²) in [4.78, 5) is 0. The fraction of sp³-hybridized carbons (Fsp3) is 0.333. The van der Waals surface area contributed by atoms with E-state index >= 15 is 0 Å². The summed E-state index contributed by atoms with van der Waals surface area (Å²) >= 11 is 6.38. The highest BCUT2D eigenvalue weighted by Gasteiger charge is 2.15. The van der Waals surface area contributed by atoms with Gasteiger partial charge in [-0.2, -0.15) is 0 Å². The van der Waals surface area contributed by atoms with Gasteiger partial charge in [0.1, 0.15) is 0 Å². The van der Waals surface area contributed by atoms with Gasteiger partial charge in [-0.1, -0.05) is 61.0 Å². The average Bonchev–Trinajstić information content (AvgIpc) is 2.46. The minimum atomic E-state index is 0.407. The van der Waals surface area contributed by atoms with Crippen LogP contribution in [0.2, 0.25) is 5.02 Å². The first-order chi connectivity index (χ1) is 9.72. The van der Waals surface area contributed by atoms with Crippen LogP contribution < -0.4 is 5.32 Å². The molecule has 0 saturated carbocycles. The van der Waals surface area contributed by atoms with Gasteiger partial charge in [0, 0.05) is 17.5 Å². The Morgan fingerprint density at radius 1 is 1.05 bits per heavy atom. The van der Waals surface area contributed by atoms with E-state index in [-0.39, 0.29) is 0 Å². The van der Waals surface area contributed by atoms with Crippen LogP contribution in [0.4, 0.5) is 0 Å². The maximum absolute atomic E-state index is 6.38. The van der Waals surface area contributed by atoms with Crippen molar-refractivity contribution >= 4 is 11.6 Å². The highest BCUT2D eigenvalue weighted by atomic mass is 35.5. The quantitative estimate of drug-likeness (QED) is 0.820. The minimum Gasteiger partial charge on any atom is -0.316 e. The Bertz CT molecular complexity index is 551. The summed E-state index contributed by atoms with van der Waals surface area (Å²) in [6, 6.07) is 16.8. The summed E-state index contributed by atoms with van der Waals surface area (Å²) < 4.78 is 0. The summed E-state index contributed by atoms with van der Waals surface area (Å²) in [5.74, 6) is 0.407. The lowest BCUT2D eigenvalue weighted by Crippen LogP contribution is -2.23. The van der Waals surface area contributed by atoms with Crippen LogP contribution in [0.5, 0.6) is 0 Å². The Hall–Kier alpha value is -1.31. The fourth-order valence-corrected chi connectivity index (χ4v) is 2.81. The van der Waals surface area contributed by atoms with E-state index in [4.69, 9.17) is 11.6 Å². The van der Waals surface area contributed by atoms with Gasteiger partial charge >= 0.3 is 0 Å². The van der Waals surface area contributed by atoms with E-state index in [0.29, 0.717) is 5.92 Å². The number of hydrogen-bond acceptors (Lipinski definition) is 1. The van der Waals surface area contributed by atoms with Crippen LogP contribution in [0.25, 0.3) is 0 Å². The predicted octanol–water partition coefficient (Wildman–Crippen LogP) is 4.58. The standard InChI is InChI=1S/C18H22ClN/c1-3-20-13-16(17-10-6-7-11-18(17)19)12-15-9-5-4-8-14(15)2/h4-11,16,20H,3,12-13H2,1-2H3. The molecule has 2 aromatic rings. The van der Waals surface area contributed by atoms with Crippen molar-refractivity contribution in [1.82, 2.24) is 5.32 Å². The molecule has 106 valence electrons. The molecule has 0 bridgehead atoms. The van der Waals surface area contributed by atoms with Crippen molar-refractivity contribution in [3.8, 4) is 0 Å². The number of rotatable bonds is 6. The Labute approximate surface area is 127 Å². The molecule has 0 aliphatic rings. The molecule has 2 rings (SSSR count). The van der Waals surface area contributed by atoms with Crippen molar-refractivity contribution < 1.29 is 0 Å². The topological polar surface area (TPSA) is 12.0 Å². The van der Waals surface area contributed by atoms with Crippen molar-refractivity contribution in [3.05, 3.63) is 70.2 Å². The minimum absolute atomic E-state index is 0.407. The Kier molecular flexibility index (Phi) is 5.63. The summed E-state index contributed by atoms with van der Waals surface area (Å²) in [6.07, 6.45) is 1.02. The maximum atomic E-state index is 6.38. The highest BCUT2D eigenvalue weighted by molar-refractivity contribution is 6.31. The van der Waals surface area contributed by atoms with Gasteiger partial charge in [-0.25, -0.2) is 0 Å². The van der Waals surface area contributed by atoms with Gasteiger partial charge in [0.2, 0.25) is 0 Å². The molecule has 0 aliphatic carbocycles. The van der Waals surface area contributed by atoms with E-state index in [0.717, 1.165) is 24.5 Å². The van der Waals surface area contributed by atoms with Crippen molar-refractivity contribution in [3.63, 3.8) is 0 Å². The monoisotopic (exact) mass is 287 g/mol. The van der Waals surface area contributed by atoms with E-state index in [1.807, 2.05) is 12.1 Å². The van der Waals surface area contributed by atoms with Crippen molar-refractivity contribution in [2.75, 3.05) is 13.1 Å².